The second-order valence-electron chi connectivity index (χ2n) is 14.3. The predicted molar refractivity (Wildman–Crippen MR) is 171 cm³/mol. The number of aliphatic hydroxyl groups is 2. The molecule has 1 aliphatic carbocycles. The number of aromatic nitrogens is 2. The zero-order valence-electron chi connectivity index (χ0n) is 25.2. The topological polar surface area (TPSA) is 95.8 Å². The Balaban J connectivity index is 1.33. The Morgan fingerprint density at radius 2 is 1.84 bits per heavy atom. The number of hydrogen-bond donors (Lipinski definition) is 4. The van der Waals surface area contributed by atoms with Crippen LogP contribution in [0.2, 0.25) is 0 Å². The van der Waals surface area contributed by atoms with Crippen molar-refractivity contribution in [2.45, 2.75) is 94.4 Å². The molecule has 228 valence electrons. The first-order valence-electron chi connectivity index (χ1n) is 16.8. The van der Waals surface area contributed by atoms with Gasteiger partial charge in [0.25, 0.3) is 0 Å². The number of nitrogens with zero attached hydrogens (tertiary/aromatic N) is 3. The molecule has 3 aromatic rings. The summed E-state index contributed by atoms with van der Waals surface area (Å²) in [5.74, 6) is 0.558. The number of hydrogen-bond acceptors (Lipinski definition) is 6. The number of pyridine rings is 1. The molecule has 4 aliphatic heterocycles. The standard InChI is InChI=1S/C36H46N4O3/c41-25-8-7-18-40-24(9-10-25)21-35-23-39-17-6-4-2-1-3-5-15-36(43,34(35)40)22-29(30(35)14-19-39)32-33-27(13-16-37-32)28-20-26(42)11-12-31(28)38-33/h1,3,11-13,16,20,22,24-25,30,34,38,41-43H,2,4-10,14-15,17-19,21,23H2/b3-1-/t24-,25+,30?,34+,35-,36-/m0/s1. The normalized spacial score (nSPS) is 37.8. The third-order valence-corrected chi connectivity index (χ3v) is 11.7. The third kappa shape index (κ3) is 4.57. The van der Waals surface area contributed by atoms with Crippen molar-refractivity contribution in [3.8, 4) is 5.75 Å². The van der Waals surface area contributed by atoms with E-state index < -0.39 is 5.60 Å². The number of aromatic amines is 1. The van der Waals surface area contributed by atoms with Gasteiger partial charge >= 0.3 is 0 Å². The van der Waals surface area contributed by atoms with Gasteiger partial charge in [-0.05, 0) is 132 Å². The molecule has 3 bridgehead atoms. The van der Waals surface area contributed by atoms with Crippen molar-refractivity contribution in [3.05, 3.63) is 54.4 Å². The van der Waals surface area contributed by atoms with Crippen molar-refractivity contribution in [2.24, 2.45) is 11.3 Å². The molecule has 5 aliphatic rings. The Bertz CT molecular complexity index is 1580. The van der Waals surface area contributed by atoms with Crippen LogP contribution in [0.25, 0.3) is 27.4 Å². The van der Waals surface area contributed by atoms with Gasteiger partial charge in [0.2, 0.25) is 0 Å². The van der Waals surface area contributed by atoms with E-state index in [-0.39, 0.29) is 23.3 Å². The van der Waals surface area contributed by atoms with Crippen LogP contribution in [0.3, 0.4) is 0 Å². The number of H-pyrrole nitrogens is 1. The monoisotopic (exact) mass is 582 g/mol. The number of allylic oxidation sites excluding steroid dienone is 3. The second kappa shape index (κ2) is 10.7. The van der Waals surface area contributed by atoms with E-state index in [1.54, 1.807) is 6.07 Å². The summed E-state index contributed by atoms with van der Waals surface area (Å²) in [6.45, 7) is 4.16. The van der Waals surface area contributed by atoms with Crippen molar-refractivity contribution in [1.82, 2.24) is 19.8 Å². The molecule has 1 aromatic carbocycles. The molecule has 2 aromatic heterocycles. The summed E-state index contributed by atoms with van der Waals surface area (Å²) >= 11 is 0. The summed E-state index contributed by atoms with van der Waals surface area (Å²) in [4.78, 5) is 14.1. The summed E-state index contributed by atoms with van der Waals surface area (Å²) in [6, 6.07) is 7.99. The average molecular weight is 583 g/mol. The van der Waals surface area contributed by atoms with Crippen molar-refractivity contribution in [2.75, 3.05) is 26.2 Å². The molecule has 3 fully saturated rings. The lowest BCUT2D eigenvalue weighted by Gasteiger charge is -2.58. The minimum absolute atomic E-state index is 0.0600. The summed E-state index contributed by atoms with van der Waals surface area (Å²) in [5.41, 5.74) is 3.09. The SMILES string of the molecule is Oc1ccc2[nH]c3c(C4=C[C@@]5(O)CC/C=C\CCCCN6CCC4[C@]4(C[C@@H]7CC[C@H](O)CCCN7[C@H]45)C6)nccc3c2c1. The van der Waals surface area contributed by atoms with Gasteiger partial charge in [0.1, 0.15) is 5.75 Å². The molecule has 7 nitrogen and oxygen atoms in total. The van der Waals surface area contributed by atoms with Crippen LogP contribution in [0.15, 0.2) is 48.7 Å². The number of aliphatic hydroxyl groups excluding tert-OH is 1. The highest BCUT2D eigenvalue weighted by Gasteiger charge is 2.66. The Morgan fingerprint density at radius 1 is 0.930 bits per heavy atom. The molecule has 8 rings (SSSR count). The van der Waals surface area contributed by atoms with Crippen molar-refractivity contribution < 1.29 is 15.3 Å². The smallest absolute Gasteiger partial charge is 0.116 e. The molecule has 2 unspecified atom stereocenters. The summed E-state index contributed by atoms with van der Waals surface area (Å²) < 4.78 is 0. The highest BCUT2D eigenvalue weighted by atomic mass is 16.3. The van der Waals surface area contributed by atoms with Crippen LogP contribution in [-0.2, 0) is 0 Å². The number of piperidine rings is 1. The van der Waals surface area contributed by atoms with Crippen LogP contribution in [0, 0.1) is 11.3 Å². The number of phenols is 1. The maximum atomic E-state index is 13.1. The van der Waals surface area contributed by atoms with E-state index in [2.05, 4.69) is 33.0 Å². The van der Waals surface area contributed by atoms with Crippen molar-refractivity contribution in [1.29, 1.82) is 0 Å². The first-order chi connectivity index (χ1) is 21.0. The van der Waals surface area contributed by atoms with Crippen LogP contribution in [0.4, 0.5) is 0 Å². The highest BCUT2D eigenvalue weighted by molar-refractivity contribution is 6.10. The molecule has 6 heterocycles. The van der Waals surface area contributed by atoms with E-state index in [1.165, 1.54) is 18.4 Å². The molecule has 0 saturated carbocycles. The van der Waals surface area contributed by atoms with Crippen molar-refractivity contribution in [3.63, 3.8) is 0 Å². The van der Waals surface area contributed by atoms with Crippen LogP contribution < -0.4 is 0 Å². The Morgan fingerprint density at radius 3 is 2.77 bits per heavy atom. The van der Waals surface area contributed by atoms with E-state index >= 15 is 0 Å². The van der Waals surface area contributed by atoms with Gasteiger partial charge in [-0.3, -0.25) is 9.88 Å². The first kappa shape index (κ1) is 27.8. The van der Waals surface area contributed by atoms with Gasteiger partial charge in [0, 0.05) is 46.5 Å². The largest absolute Gasteiger partial charge is 0.508 e. The minimum Gasteiger partial charge on any atom is -0.508 e. The lowest BCUT2D eigenvalue weighted by molar-refractivity contribution is -0.0918. The number of fused-ring (bicyclic) bond motifs is 5. The van der Waals surface area contributed by atoms with Gasteiger partial charge in [-0.25, -0.2) is 0 Å². The maximum Gasteiger partial charge on any atom is 0.116 e. The molecule has 0 radical (unpaired) electrons. The molecule has 3 saturated heterocycles. The second-order valence-corrected chi connectivity index (χ2v) is 14.3. The van der Waals surface area contributed by atoms with Gasteiger partial charge in [0.15, 0.2) is 0 Å². The Kier molecular flexibility index (Phi) is 6.94. The average Bonchev–Trinajstić information content (AvgIpc) is 3.51. The molecular formula is C36H46N4O3. The molecule has 7 heteroatoms. The van der Waals surface area contributed by atoms with Gasteiger partial charge in [0.05, 0.1) is 22.9 Å². The van der Waals surface area contributed by atoms with E-state index in [1.807, 2.05) is 24.4 Å². The maximum absolute atomic E-state index is 13.1. The highest BCUT2D eigenvalue weighted by Crippen LogP contribution is 2.62. The summed E-state index contributed by atoms with van der Waals surface area (Å²) in [7, 11) is 0. The van der Waals surface area contributed by atoms with E-state index in [0.29, 0.717) is 18.4 Å². The fourth-order valence-electron chi connectivity index (χ4n) is 10.0. The molecule has 4 N–H and O–H groups in total. The number of rotatable bonds is 1. The zero-order valence-corrected chi connectivity index (χ0v) is 25.2. The zero-order chi connectivity index (χ0) is 29.2. The van der Waals surface area contributed by atoms with E-state index in [0.717, 1.165) is 105 Å². The fraction of sp³-hybridized carbons (Fsp3) is 0.583. The van der Waals surface area contributed by atoms with Crippen LogP contribution in [0.1, 0.15) is 76.3 Å². The predicted octanol–water partition coefficient (Wildman–Crippen LogP) is 5.76. The Hall–Kier alpha value is -2.71. The lowest BCUT2D eigenvalue weighted by Crippen LogP contribution is -2.65. The number of aromatic hydroxyl groups is 1. The molecule has 43 heavy (non-hydrogen) atoms. The van der Waals surface area contributed by atoms with Gasteiger partial charge < -0.3 is 25.2 Å². The van der Waals surface area contributed by atoms with Gasteiger partial charge in [-0.1, -0.05) is 12.2 Å². The number of benzene rings is 1. The molecule has 0 amide bonds. The number of nitrogens with one attached hydrogen (secondary N) is 1. The fourth-order valence-corrected chi connectivity index (χ4v) is 10.0. The molecule has 1 spiro atoms. The van der Waals surface area contributed by atoms with Crippen LogP contribution in [-0.4, -0.2) is 85.1 Å². The lowest BCUT2D eigenvalue weighted by atomic mass is 9.54. The molecular weight excluding hydrogens is 536 g/mol. The molecule has 7 atom stereocenters. The van der Waals surface area contributed by atoms with Gasteiger partial charge in [-0.15, -0.1) is 0 Å². The summed E-state index contributed by atoms with van der Waals surface area (Å²) in [5, 5.41) is 36.1. The Labute approximate surface area is 254 Å². The minimum atomic E-state index is -0.978. The third-order valence-electron chi connectivity index (χ3n) is 11.7. The van der Waals surface area contributed by atoms with E-state index in [9.17, 15) is 15.3 Å². The van der Waals surface area contributed by atoms with Crippen molar-refractivity contribution >= 4 is 27.4 Å². The van der Waals surface area contributed by atoms with Crippen LogP contribution >= 0.6 is 0 Å². The van der Waals surface area contributed by atoms with E-state index in [4.69, 9.17) is 4.98 Å². The summed E-state index contributed by atoms with van der Waals surface area (Å²) in [6.07, 6.45) is 19.5. The quantitative estimate of drug-likeness (QED) is 0.273. The van der Waals surface area contributed by atoms with Gasteiger partial charge in [-0.2, -0.15) is 0 Å². The van der Waals surface area contributed by atoms with Crippen LogP contribution in [0.5, 0.6) is 5.75 Å². The number of phenolic OH excluding ortho intramolecular Hbond substituents is 1. The first-order valence-corrected chi connectivity index (χ1v) is 16.8.